The molecule has 0 radical (unpaired) electrons. The van der Waals surface area contributed by atoms with Crippen molar-refractivity contribution in [3.05, 3.63) is 77.5 Å². The third-order valence-corrected chi connectivity index (χ3v) is 6.08. The Morgan fingerprint density at radius 1 is 1.07 bits per heavy atom. The fourth-order valence-electron chi connectivity index (χ4n) is 4.66. The van der Waals surface area contributed by atoms with Crippen LogP contribution in [-0.4, -0.2) is 30.9 Å². The Morgan fingerprint density at radius 2 is 1.86 bits per heavy atom. The second-order valence-corrected chi connectivity index (χ2v) is 7.75. The number of nitrogens with zero attached hydrogens (tertiary/aromatic N) is 2. The van der Waals surface area contributed by atoms with Gasteiger partial charge in [0.05, 0.1) is 5.71 Å². The number of hydrogen-bond donors (Lipinski definition) is 1. The molecule has 2 aliphatic rings. The molecule has 1 saturated heterocycles. The molecule has 1 atom stereocenters. The van der Waals surface area contributed by atoms with E-state index in [0.717, 1.165) is 60.7 Å². The second-order valence-electron chi connectivity index (χ2n) is 7.75. The highest BCUT2D eigenvalue weighted by atomic mass is 16.6. The van der Waals surface area contributed by atoms with Crippen LogP contribution in [0.3, 0.4) is 0 Å². The largest absolute Gasteiger partial charge is 0.464 e. The number of rotatable bonds is 4. The molecule has 29 heavy (non-hydrogen) atoms. The lowest BCUT2D eigenvalue weighted by Gasteiger charge is -2.20. The van der Waals surface area contributed by atoms with Gasteiger partial charge in [0, 0.05) is 41.8 Å². The van der Waals surface area contributed by atoms with Gasteiger partial charge < -0.3 is 14.6 Å². The van der Waals surface area contributed by atoms with E-state index in [0.29, 0.717) is 5.92 Å². The summed E-state index contributed by atoms with van der Waals surface area (Å²) in [5.41, 5.74) is 5.70. The van der Waals surface area contributed by atoms with Crippen LogP contribution >= 0.6 is 0 Å². The lowest BCUT2D eigenvalue weighted by atomic mass is 9.92. The van der Waals surface area contributed by atoms with Gasteiger partial charge in [-0.1, -0.05) is 29.4 Å². The van der Waals surface area contributed by atoms with E-state index in [1.54, 1.807) is 7.11 Å². The summed E-state index contributed by atoms with van der Waals surface area (Å²) in [6.45, 7) is 2.09. The van der Waals surface area contributed by atoms with Gasteiger partial charge in [-0.05, 0) is 55.3 Å². The molecule has 1 unspecified atom stereocenters. The summed E-state index contributed by atoms with van der Waals surface area (Å²) >= 11 is 0. The zero-order valence-corrected chi connectivity index (χ0v) is 16.6. The van der Waals surface area contributed by atoms with Gasteiger partial charge in [0.15, 0.2) is 0 Å². The van der Waals surface area contributed by atoms with Crippen LogP contribution in [0.15, 0.2) is 64.4 Å². The zero-order chi connectivity index (χ0) is 19.6. The maximum atomic E-state index is 6.63. The maximum Gasteiger partial charge on any atom is 0.119 e. The van der Waals surface area contributed by atoms with E-state index in [1.807, 2.05) is 12.4 Å². The molecule has 148 valence electrons. The summed E-state index contributed by atoms with van der Waals surface area (Å²) in [5.74, 6) is 2.73. The van der Waals surface area contributed by atoms with E-state index < -0.39 is 0 Å². The Morgan fingerprint density at radius 3 is 2.66 bits per heavy atom. The molecule has 1 fully saturated rings. The number of fused-ring (bicyclic) bond motifs is 1. The monoisotopic (exact) mass is 387 g/mol. The van der Waals surface area contributed by atoms with Crippen LogP contribution in [-0.2, 0) is 4.84 Å². The van der Waals surface area contributed by atoms with Gasteiger partial charge in [0.2, 0.25) is 0 Å². The minimum Gasteiger partial charge on any atom is -0.464 e. The molecule has 0 amide bonds. The molecule has 1 aliphatic heterocycles. The fourth-order valence-corrected chi connectivity index (χ4v) is 4.66. The van der Waals surface area contributed by atoms with E-state index in [9.17, 15) is 0 Å². The SMILES string of the molecule is CO/N=C1/CC(c2oc(C3CCNCC3)cc2-c2ccncc2)c2ccccc21. The van der Waals surface area contributed by atoms with Crippen LogP contribution in [0.1, 0.15) is 53.7 Å². The topological polar surface area (TPSA) is 59.7 Å². The zero-order valence-electron chi connectivity index (χ0n) is 16.6. The highest BCUT2D eigenvalue weighted by molar-refractivity contribution is 6.05. The lowest BCUT2D eigenvalue weighted by Crippen LogP contribution is -2.26. The molecule has 5 rings (SSSR count). The van der Waals surface area contributed by atoms with E-state index in [1.165, 1.54) is 11.1 Å². The number of nitrogens with one attached hydrogen (secondary N) is 1. The Hall–Kier alpha value is -2.92. The molecule has 3 aromatic rings. The second kappa shape index (κ2) is 7.84. The predicted molar refractivity (Wildman–Crippen MR) is 113 cm³/mol. The van der Waals surface area contributed by atoms with Crippen LogP contribution < -0.4 is 5.32 Å². The van der Waals surface area contributed by atoms with E-state index in [4.69, 9.17) is 9.25 Å². The fraction of sp³-hybridized carbons (Fsp3) is 0.333. The molecule has 1 N–H and O–H groups in total. The minimum absolute atomic E-state index is 0.138. The van der Waals surface area contributed by atoms with Crippen LogP contribution in [0.4, 0.5) is 0 Å². The van der Waals surface area contributed by atoms with Gasteiger partial charge in [0.25, 0.3) is 0 Å². The van der Waals surface area contributed by atoms with E-state index >= 15 is 0 Å². The molecule has 1 aromatic carbocycles. The molecule has 5 nitrogen and oxygen atoms in total. The quantitative estimate of drug-likeness (QED) is 0.660. The minimum atomic E-state index is 0.138. The van der Waals surface area contributed by atoms with E-state index in [2.05, 4.69) is 57.9 Å². The van der Waals surface area contributed by atoms with Gasteiger partial charge in [-0.25, -0.2) is 0 Å². The normalized spacial score (nSPS) is 20.7. The Balaban J connectivity index is 1.62. The van der Waals surface area contributed by atoms with Crippen molar-refractivity contribution >= 4 is 5.71 Å². The van der Waals surface area contributed by atoms with Crippen molar-refractivity contribution in [2.75, 3.05) is 20.2 Å². The van der Waals surface area contributed by atoms with Crippen molar-refractivity contribution in [3.8, 4) is 11.1 Å². The van der Waals surface area contributed by atoms with Crippen LogP contribution in [0, 0.1) is 0 Å². The van der Waals surface area contributed by atoms with Crippen molar-refractivity contribution in [1.82, 2.24) is 10.3 Å². The summed E-state index contributed by atoms with van der Waals surface area (Å²) in [5, 5.41) is 7.74. The molecule has 0 saturated carbocycles. The highest BCUT2D eigenvalue weighted by Crippen LogP contribution is 2.45. The third-order valence-electron chi connectivity index (χ3n) is 6.08. The van der Waals surface area contributed by atoms with Crippen molar-refractivity contribution < 1.29 is 9.25 Å². The molecule has 0 spiro atoms. The first-order valence-corrected chi connectivity index (χ1v) is 10.3. The van der Waals surface area contributed by atoms with Crippen LogP contribution in [0.2, 0.25) is 0 Å². The number of furan rings is 1. The number of piperidine rings is 1. The number of hydrogen-bond acceptors (Lipinski definition) is 5. The van der Waals surface area contributed by atoms with Gasteiger partial charge in [-0.3, -0.25) is 4.98 Å². The number of benzene rings is 1. The molecule has 1 aliphatic carbocycles. The first-order valence-electron chi connectivity index (χ1n) is 10.3. The van der Waals surface area contributed by atoms with Crippen molar-refractivity contribution in [1.29, 1.82) is 0 Å². The molecular formula is C24H25N3O2. The lowest BCUT2D eigenvalue weighted by molar-refractivity contribution is 0.213. The first kappa shape index (κ1) is 18.1. The molecule has 0 bridgehead atoms. The van der Waals surface area contributed by atoms with Crippen molar-refractivity contribution in [2.45, 2.75) is 31.1 Å². The smallest absolute Gasteiger partial charge is 0.119 e. The Labute approximate surface area is 170 Å². The summed E-state index contributed by atoms with van der Waals surface area (Å²) < 4.78 is 6.63. The summed E-state index contributed by atoms with van der Waals surface area (Å²) in [6, 6.07) is 14.8. The molecule has 3 heterocycles. The van der Waals surface area contributed by atoms with Gasteiger partial charge in [0.1, 0.15) is 18.6 Å². The Kier molecular flexibility index (Phi) is 4.90. The number of aromatic nitrogens is 1. The molecule has 5 heteroatoms. The summed E-state index contributed by atoms with van der Waals surface area (Å²) in [6.07, 6.45) is 6.69. The van der Waals surface area contributed by atoms with Gasteiger partial charge >= 0.3 is 0 Å². The Bertz CT molecular complexity index is 1020. The number of oxime groups is 1. The maximum absolute atomic E-state index is 6.63. The summed E-state index contributed by atoms with van der Waals surface area (Å²) in [4.78, 5) is 9.32. The van der Waals surface area contributed by atoms with E-state index in [-0.39, 0.29) is 5.92 Å². The average molecular weight is 387 g/mol. The van der Waals surface area contributed by atoms with Crippen molar-refractivity contribution in [3.63, 3.8) is 0 Å². The van der Waals surface area contributed by atoms with Gasteiger partial charge in [-0.15, -0.1) is 0 Å². The standard InChI is InChI=1S/C24H25N3O2/c1-28-27-22-14-21(18-4-2-3-5-19(18)22)24-20(16-6-10-25-11-7-16)15-23(29-24)17-8-12-26-13-9-17/h2-7,10-11,15,17,21,26H,8-9,12-14H2,1H3/b27-22-. The predicted octanol–water partition coefficient (Wildman–Crippen LogP) is 4.69. The highest BCUT2D eigenvalue weighted by Gasteiger charge is 2.34. The molecular weight excluding hydrogens is 362 g/mol. The third kappa shape index (κ3) is 3.36. The first-order chi connectivity index (χ1) is 14.3. The van der Waals surface area contributed by atoms with Gasteiger partial charge in [-0.2, -0.15) is 0 Å². The van der Waals surface area contributed by atoms with Crippen LogP contribution in [0.5, 0.6) is 0 Å². The summed E-state index contributed by atoms with van der Waals surface area (Å²) in [7, 11) is 1.60. The van der Waals surface area contributed by atoms with Crippen LogP contribution in [0.25, 0.3) is 11.1 Å². The molecule has 2 aromatic heterocycles. The number of pyridine rings is 1. The average Bonchev–Trinajstić information content (AvgIpc) is 3.38. The van der Waals surface area contributed by atoms with Crippen molar-refractivity contribution in [2.24, 2.45) is 5.16 Å².